The molecule has 1 atom stereocenters. The summed E-state index contributed by atoms with van der Waals surface area (Å²) < 4.78 is 1.65. The van der Waals surface area contributed by atoms with Gasteiger partial charge >= 0.3 is 0 Å². The minimum atomic E-state index is -0.501. The van der Waals surface area contributed by atoms with Gasteiger partial charge in [0.1, 0.15) is 5.69 Å². The molecule has 1 aliphatic rings. The number of carbonyl (C=O) groups excluding carboxylic acids is 3. The number of para-hydroxylation sites is 1. The molecule has 2 aromatic carbocycles. The number of rotatable bonds is 4. The van der Waals surface area contributed by atoms with Crippen molar-refractivity contribution in [1.82, 2.24) is 25.5 Å². The summed E-state index contributed by atoms with van der Waals surface area (Å²) in [7, 11) is 0. The lowest BCUT2D eigenvalue weighted by Gasteiger charge is -2.35. The molecule has 3 aromatic rings. The van der Waals surface area contributed by atoms with Crippen molar-refractivity contribution < 1.29 is 14.4 Å². The summed E-state index contributed by atoms with van der Waals surface area (Å²) in [5, 5.41) is 4.64. The molecule has 1 fully saturated rings. The zero-order valence-corrected chi connectivity index (χ0v) is 20.3. The van der Waals surface area contributed by atoms with Crippen molar-refractivity contribution in [1.29, 1.82) is 0 Å². The van der Waals surface area contributed by atoms with Crippen molar-refractivity contribution in [3.05, 3.63) is 72.4 Å². The number of hydrazine groups is 1. The van der Waals surface area contributed by atoms with Gasteiger partial charge in [-0.25, -0.2) is 4.68 Å². The van der Waals surface area contributed by atoms with Crippen molar-refractivity contribution >= 4 is 17.7 Å². The van der Waals surface area contributed by atoms with E-state index in [0.29, 0.717) is 30.8 Å². The van der Waals surface area contributed by atoms with Gasteiger partial charge in [0.05, 0.1) is 17.2 Å². The summed E-state index contributed by atoms with van der Waals surface area (Å²) in [6.45, 7) is 6.61. The minimum Gasteiger partial charge on any atom is -0.341 e. The average Bonchev–Trinajstić information content (AvgIpc) is 3.33. The maximum absolute atomic E-state index is 13.1. The molecule has 8 heteroatoms. The van der Waals surface area contributed by atoms with Crippen LogP contribution in [0.1, 0.15) is 44.0 Å². The van der Waals surface area contributed by atoms with Gasteiger partial charge in [0.15, 0.2) is 0 Å². The second kappa shape index (κ2) is 10.1. The largest absolute Gasteiger partial charge is 0.341 e. The van der Waals surface area contributed by atoms with Gasteiger partial charge in [-0.2, -0.15) is 5.10 Å². The Morgan fingerprint density at radius 3 is 2.26 bits per heavy atom. The van der Waals surface area contributed by atoms with Gasteiger partial charge in [-0.1, -0.05) is 69.3 Å². The zero-order valence-electron chi connectivity index (χ0n) is 20.3. The summed E-state index contributed by atoms with van der Waals surface area (Å²) in [5.41, 5.74) is 7.08. The predicted molar refractivity (Wildman–Crippen MR) is 133 cm³/mol. The fourth-order valence-corrected chi connectivity index (χ4v) is 4.20. The van der Waals surface area contributed by atoms with Crippen LogP contribution in [0.5, 0.6) is 0 Å². The van der Waals surface area contributed by atoms with Gasteiger partial charge in [-0.15, -0.1) is 0 Å². The molecule has 1 aliphatic heterocycles. The van der Waals surface area contributed by atoms with Crippen LogP contribution < -0.4 is 10.9 Å². The van der Waals surface area contributed by atoms with E-state index in [-0.39, 0.29) is 17.7 Å². The third kappa shape index (κ3) is 5.59. The normalized spacial score (nSPS) is 16.0. The van der Waals surface area contributed by atoms with Crippen molar-refractivity contribution in [2.45, 2.75) is 33.6 Å². The number of benzene rings is 2. The van der Waals surface area contributed by atoms with E-state index in [0.717, 1.165) is 17.7 Å². The molecule has 1 unspecified atom stereocenters. The van der Waals surface area contributed by atoms with E-state index in [1.54, 1.807) is 15.8 Å². The van der Waals surface area contributed by atoms with Gasteiger partial charge in [0, 0.05) is 30.3 Å². The number of aromatic nitrogens is 2. The number of hydrogen-bond donors (Lipinski definition) is 2. The molecule has 0 spiro atoms. The fourth-order valence-electron chi connectivity index (χ4n) is 4.20. The number of nitrogens with zero attached hydrogens (tertiary/aromatic N) is 3. The Morgan fingerprint density at radius 2 is 1.60 bits per heavy atom. The molecule has 1 aromatic heterocycles. The van der Waals surface area contributed by atoms with E-state index >= 15 is 0 Å². The molecule has 0 aliphatic carbocycles. The van der Waals surface area contributed by atoms with Crippen LogP contribution >= 0.6 is 0 Å². The van der Waals surface area contributed by atoms with Crippen LogP contribution in [0.3, 0.4) is 0 Å². The quantitative estimate of drug-likeness (QED) is 0.566. The average molecular weight is 474 g/mol. The first-order valence-corrected chi connectivity index (χ1v) is 11.8. The molecule has 8 nitrogen and oxygen atoms in total. The molecule has 182 valence electrons. The smallest absolute Gasteiger partial charge is 0.273 e. The first kappa shape index (κ1) is 24.2. The molecular weight excluding hydrogens is 442 g/mol. The van der Waals surface area contributed by atoms with Gasteiger partial charge < -0.3 is 4.90 Å². The lowest BCUT2D eigenvalue weighted by atomic mass is 9.91. The van der Waals surface area contributed by atoms with Gasteiger partial charge in [-0.3, -0.25) is 25.2 Å². The van der Waals surface area contributed by atoms with Crippen LogP contribution in [0.15, 0.2) is 66.9 Å². The molecule has 2 heterocycles. The van der Waals surface area contributed by atoms with E-state index in [4.69, 9.17) is 0 Å². The molecule has 4 rings (SSSR count). The van der Waals surface area contributed by atoms with E-state index < -0.39 is 11.3 Å². The maximum atomic E-state index is 13.1. The highest BCUT2D eigenvalue weighted by Crippen LogP contribution is 2.25. The molecule has 0 radical (unpaired) electrons. The topological polar surface area (TPSA) is 96.3 Å². The Bertz CT molecular complexity index is 1200. The highest BCUT2D eigenvalue weighted by molar-refractivity contribution is 6.00. The van der Waals surface area contributed by atoms with Crippen LogP contribution in [0.25, 0.3) is 16.9 Å². The van der Waals surface area contributed by atoms with Crippen molar-refractivity contribution in [2.75, 3.05) is 13.1 Å². The summed E-state index contributed by atoms with van der Waals surface area (Å²) >= 11 is 0. The summed E-state index contributed by atoms with van der Waals surface area (Å²) in [6, 6.07) is 18.9. The third-order valence-corrected chi connectivity index (χ3v) is 6.05. The molecule has 0 saturated carbocycles. The molecule has 2 N–H and O–H groups in total. The van der Waals surface area contributed by atoms with Crippen molar-refractivity contribution in [3.8, 4) is 16.9 Å². The number of likely N-dealkylation sites (tertiary alicyclic amines) is 1. The van der Waals surface area contributed by atoms with Gasteiger partial charge in [-0.05, 0) is 25.0 Å². The maximum Gasteiger partial charge on any atom is 0.273 e. The molecular formula is C27H31N5O3. The fraction of sp³-hybridized carbons (Fsp3) is 0.333. The highest BCUT2D eigenvalue weighted by Gasteiger charge is 2.33. The molecule has 35 heavy (non-hydrogen) atoms. The van der Waals surface area contributed by atoms with Crippen LogP contribution in [0.2, 0.25) is 0 Å². The number of hydrogen-bond acceptors (Lipinski definition) is 4. The van der Waals surface area contributed by atoms with E-state index in [9.17, 15) is 14.4 Å². The van der Waals surface area contributed by atoms with Gasteiger partial charge in [0.2, 0.25) is 11.8 Å². The number of nitrogens with one attached hydrogen (secondary N) is 2. The Kier molecular flexibility index (Phi) is 7.00. The lowest BCUT2D eigenvalue weighted by Crippen LogP contribution is -2.51. The second-order valence-electron chi connectivity index (χ2n) is 9.82. The number of amides is 3. The minimum absolute atomic E-state index is 0.0277. The van der Waals surface area contributed by atoms with E-state index in [1.165, 1.54) is 0 Å². The van der Waals surface area contributed by atoms with Crippen molar-refractivity contribution in [2.24, 2.45) is 11.3 Å². The summed E-state index contributed by atoms with van der Waals surface area (Å²) in [5.74, 6) is -1.12. The Labute approximate surface area is 205 Å². The predicted octanol–water partition coefficient (Wildman–Crippen LogP) is 3.59. The summed E-state index contributed by atoms with van der Waals surface area (Å²) in [6.07, 6.45) is 3.07. The third-order valence-electron chi connectivity index (χ3n) is 6.05. The Morgan fingerprint density at radius 1 is 0.943 bits per heavy atom. The standard InChI is InChI=1S/C27H31N5O3/c1-27(2,3)26(35)31-16-10-13-20(17-31)24(33)28-29-25(34)22-18-32(21-14-8-5-9-15-21)30-23(22)19-11-6-4-7-12-19/h4-9,11-12,14-15,18,20H,10,13,16-17H2,1-3H3,(H,28,33)(H,29,34). The highest BCUT2D eigenvalue weighted by atomic mass is 16.2. The molecule has 0 bridgehead atoms. The van der Waals surface area contributed by atoms with Crippen molar-refractivity contribution in [3.63, 3.8) is 0 Å². The molecule has 3 amide bonds. The monoisotopic (exact) mass is 473 g/mol. The Balaban J connectivity index is 1.48. The summed E-state index contributed by atoms with van der Waals surface area (Å²) in [4.78, 5) is 40.4. The first-order chi connectivity index (χ1) is 16.7. The van der Waals surface area contributed by atoms with Crippen LogP contribution in [-0.2, 0) is 9.59 Å². The first-order valence-electron chi connectivity index (χ1n) is 11.8. The number of piperidine rings is 1. The molecule has 1 saturated heterocycles. The van der Waals surface area contributed by atoms with E-state index in [2.05, 4.69) is 16.0 Å². The number of carbonyl (C=O) groups is 3. The second-order valence-corrected chi connectivity index (χ2v) is 9.82. The Hall–Kier alpha value is -3.94. The van der Waals surface area contributed by atoms with E-state index in [1.807, 2.05) is 81.4 Å². The van der Waals surface area contributed by atoms with Crippen LogP contribution in [0.4, 0.5) is 0 Å². The van der Waals surface area contributed by atoms with Crippen LogP contribution in [-0.4, -0.2) is 45.5 Å². The van der Waals surface area contributed by atoms with Gasteiger partial charge in [0.25, 0.3) is 5.91 Å². The SMILES string of the molecule is CC(C)(C)C(=O)N1CCCC(C(=O)NNC(=O)c2cn(-c3ccccc3)nc2-c2ccccc2)C1. The zero-order chi connectivity index (χ0) is 25.0. The lowest BCUT2D eigenvalue weighted by molar-refractivity contribution is -0.143. The van der Waals surface area contributed by atoms with Crippen LogP contribution in [0, 0.1) is 11.3 Å².